The molecule has 0 aliphatic rings. The van der Waals surface area contributed by atoms with Crippen LogP contribution < -0.4 is 0 Å². The molecule has 164 valence electrons. The van der Waals surface area contributed by atoms with E-state index in [9.17, 15) is 4.39 Å². The Balaban J connectivity index is 1.45. The van der Waals surface area contributed by atoms with Crippen LogP contribution in [0.25, 0.3) is 38.9 Å². The molecule has 3 heterocycles. The summed E-state index contributed by atoms with van der Waals surface area (Å²) < 4.78 is 32.9. The normalized spacial score (nSPS) is 11.3. The molecule has 0 radical (unpaired) electrons. The molecular formula is C24H14F2N8. The Morgan fingerprint density at radius 1 is 1.00 bits per heavy atom. The monoisotopic (exact) mass is 452 g/mol. The van der Waals surface area contributed by atoms with Crippen molar-refractivity contribution in [3.63, 3.8) is 0 Å². The number of nitrogens with one attached hydrogen (secondary N) is 1. The lowest BCUT2D eigenvalue weighted by Gasteiger charge is -2.10. The first kappa shape index (κ1) is 19.8. The molecule has 0 fully saturated rings. The van der Waals surface area contributed by atoms with Crippen molar-refractivity contribution in [1.29, 1.82) is 5.26 Å². The molecule has 0 saturated heterocycles. The highest BCUT2D eigenvalue weighted by molar-refractivity contribution is 5.85. The topological polar surface area (TPSA) is 101 Å². The zero-order chi connectivity index (χ0) is 23.2. The molecule has 0 unspecified atom stereocenters. The maximum atomic E-state index is 15.0. The van der Waals surface area contributed by atoms with Crippen LogP contribution in [0.4, 0.5) is 8.78 Å². The lowest BCUT2D eigenvalue weighted by molar-refractivity contribution is 0.611. The van der Waals surface area contributed by atoms with E-state index in [1.54, 1.807) is 41.2 Å². The van der Waals surface area contributed by atoms with Crippen molar-refractivity contribution in [2.45, 2.75) is 6.54 Å². The van der Waals surface area contributed by atoms with Crippen LogP contribution in [0.2, 0.25) is 0 Å². The number of benzene rings is 3. The van der Waals surface area contributed by atoms with Gasteiger partial charge in [-0.15, -0.1) is 5.10 Å². The summed E-state index contributed by atoms with van der Waals surface area (Å²) in [6.07, 6.45) is 3.15. The molecule has 0 bridgehead atoms. The molecule has 6 aromatic rings. The van der Waals surface area contributed by atoms with E-state index in [1.165, 1.54) is 23.0 Å². The number of hydrogen-bond donors (Lipinski definition) is 1. The van der Waals surface area contributed by atoms with Crippen LogP contribution >= 0.6 is 0 Å². The summed E-state index contributed by atoms with van der Waals surface area (Å²) in [7, 11) is 0. The van der Waals surface area contributed by atoms with E-state index < -0.39 is 11.6 Å². The Morgan fingerprint density at radius 2 is 1.85 bits per heavy atom. The summed E-state index contributed by atoms with van der Waals surface area (Å²) in [4.78, 5) is 0. The molecule has 3 aromatic heterocycles. The maximum Gasteiger partial charge on any atom is 0.153 e. The largest absolute Gasteiger partial charge is 0.278 e. The number of halogens is 2. The predicted molar refractivity (Wildman–Crippen MR) is 120 cm³/mol. The molecule has 34 heavy (non-hydrogen) atoms. The summed E-state index contributed by atoms with van der Waals surface area (Å²) in [6, 6.07) is 17.0. The first-order chi connectivity index (χ1) is 16.6. The molecular weight excluding hydrogens is 438 g/mol. The molecule has 0 saturated carbocycles. The van der Waals surface area contributed by atoms with E-state index in [-0.39, 0.29) is 11.2 Å². The zero-order valence-corrected chi connectivity index (χ0v) is 17.4. The highest BCUT2D eigenvalue weighted by Crippen LogP contribution is 2.29. The Hall–Kier alpha value is -4.91. The second kappa shape index (κ2) is 7.60. The van der Waals surface area contributed by atoms with Crippen molar-refractivity contribution >= 4 is 21.9 Å². The van der Waals surface area contributed by atoms with Crippen LogP contribution in [0.15, 0.2) is 67.0 Å². The van der Waals surface area contributed by atoms with Crippen LogP contribution in [0.5, 0.6) is 0 Å². The highest BCUT2D eigenvalue weighted by Gasteiger charge is 2.18. The minimum absolute atomic E-state index is 0.0333. The van der Waals surface area contributed by atoms with Crippen LogP contribution in [0, 0.1) is 23.0 Å². The van der Waals surface area contributed by atoms with E-state index in [0.29, 0.717) is 39.8 Å². The van der Waals surface area contributed by atoms with Crippen molar-refractivity contribution in [2.75, 3.05) is 0 Å². The number of fused-ring (bicyclic) bond motifs is 2. The Labute approximate surface area is 190 Å². The molecule has 3 aromatic carbocycles. The molecule has 0 aliphatic carbocycles. The number of aromatic amines is 1. The van der Waals surface area contributed by atoms with Gasteiger partial charge in [-0.25, -0.2) is 13.5 Å². The van der Waals surface area contributed by atoms with Crippen LogP contribution in [0.1, 0.15) is 11.1 Å². The van der Waals surface area contributed by atoms with Gasteiger partial charge in [0.2, 0.25) is 0 Å². The Morgan fingerprint density at radius 3 is 2.68 bits per heavy atom. The average Bonchev–Trinajstić information content (AvgIpc) is 3.58. The van der Waals surface area contributed by atoms with Crippen molar-refractivity contribution in [2.24, 2.45) is 0 Å². The third kappa shape index (κ3) is 3.18. The van der Waals surface area contributed by atoms with Crippen molar-refractivity contribution in [3.8, 4) is 23.0 Å². The van der Waals surface area contributed by atoms with Gasteiger partial charge in [-0.1, -0.05) is 17.3 Å². The van der Waals surface area contributed by atoms with Gasteiger partial charge < -0.3 is 0 Å². The van der Waals surface area contributed by atoms with Gasteiger partial charge in [0.15, 0.2) is 5.82 Å². The first-order valence-corrected chi connectivity index (χ1v) is 10.3. The second-order valence-electron chi connectivity index (χ2n) is 7.77. The zero-order valence-electron chi connectivity index (χ0n) is 17.4. The quantitative estimate of drug-likeness (QED) is 0.428. The summed E-state index contributed by atoms with van der Waals surface area (Å²) in [6.45, 7) is 0.427. The number of aromatic nitrogens is 7. The number of nitrogens with zero attached hydrogens (tertiary/aromatic N) is 7. The van der Waals surface area contributed by atoms with Gasteiger partial charge in [0.05, 0.1) is 41.1 Å². The summed E-state index contributed by atoms with van der Waals surface area (Å²) in [5.74, 6) is -1.11. The van der Waals surface area contributed by atoms with Crippen molar-refractivity contribution < 1.29 is 8.78 Å². The fourth-order valence-corrected chi connectivity index (χ4v) is 3.98. The minimum atomic E-state index is -0.576. The molecule has 6 rings (SSSR count). The number of H-pyrrole nitrogens is 1. The van der Waals surface area contributed by atoms with Gasteiger partial charge >= 0.3 is 0 Å². The molecule has 0 amide bonds. The Bertz CT molecular complexity index is 1720. The number of hydrogen-bond acceptors (Lipinski definition) is 5. The predicted octanol–water partition coefficient (Wildman–Crippen LogP) is 4.36. The van der Waals surface area contributed by atoms with Gasteiger partial charge in [-0.05, 0) is 48.0 Å². The van der Waals surface area contributed by atoms with Gasteiger partial charge in [0, 0.05) is 17.1 Å². The standard InChI is InChI=1S/C24H14F2N8/c25-18-8-17-12-28-30-20(17)10-22(18)34-23-9-16(7-19(26)24(23)31-32-34)21-5-6-29-33(21)13-15-3-1-14(11-27)2-4-15/h1-10,12H,13H2,(H,28,30). The minimum Gasteiger partial charge on any atom is -0.278 e. The number of nitriles is 1. The van der Waals surface area contributed by atoms with E-state index in [2.05, 4.69) is 31.7 Å². The summed E-state index contributed by atoms with van der Waals surface area (Å²) in [5, 5.41) is 28.6. The van der Waals surface area contributed by atoms with Gasteiger partial charge in [-0.3, -0.25) is 9.78 Å². The SMILES string of the molecule is N#Cc1ccc(Cn2nccc2-c2cc(F)c3nnn(-c4cc5[nH]ncc5cc4F)c3c2)cc1. The molecule has 8 nitrogen and oxygen atoms in total. The fourth-order valence-electron chi connectivity index (χ4n) is 3.98. The smallest absolute Gasteiger partial charge is 0.153 e. The van der Waals surface area contributed by atoms with E-state index in [4.69, 9.17) is 5.26 Å². The van der Waals surface area contributed by atoms with Gasteiger partial charge in [-0.2, -0.15) is 15.5 Å². The lowest BCUT2D eigenvalue weighted by Crippen LogP contribution is -2.04. The highest BCUT2D eigenvalue weighted by atomic mass is 19.1. The third-order valence-corrected chi connectivity index (χ3v) is 5.67. The molecule has 0 aliphatic heterocycles. The molecule has 0 atom stereocenters. The van der Waals surface area contributed by atoms with Crippen molar-refractivity contribution in [3.05, 3.63) is 89.8 Å². The van der Waals surface area contributed by atoms with Gasteiger partial charge in [0.25, 0.3) is 0 Å². The van der Waals surface area contributed by atoms with Crippen LogP contribution in [-0.2, 0) is 6.54 Å². The third-order valence-electron chi connectivity index (χ3n) is 5.67. The van der Waals surface area contributed by atoms with Crippen molar-refractivity contribution in [1.82, 2.24) is 35.0 Å². The lowest BCUT2D eigenvalue weighted by atomic mass is 10.1. The van der Waals surface area contributed by atoms with Crippen LogP contribution in [-0.4, -0.2) is 35.0 Å². The number of rotatable bonds is 4. The van der Waals surface area contributed by atoms with Gasteiger partial charge in [0.1, 0.15) is 17.0 Å². The summed E-state index contributed by atoms with van der Waals surface area (Å²) >= 11 is 0. The average molecular weight is 452 g/mol. The second-order valence-corrected chi connectivity index (χ2v) is 7.77. The Kier molecular flexibility index (Phi) is 4.41. The summed E-state index contributed by atoms with van der Waals surface area (Å²) in [5.41, 5.74) is 3.82. The fraction of sp³-hybridized carbons (Fsp3) is 0.0417. The maximum absolute atomic E-state index is 15.0. The van der Waals surface area contributed by atoms with E-state index in [1.807, 2.05) is 12.1 Å². The first-order valence-electron chi connectivity index (χ1n) is 10.3. The molecule has 1 N–H and O–H groups in total. The molecule has 0 spiro atoms. The van der Waals surface area contributed by atoms with Crippen LogP contribution in [0.3, 0.4) is 0 Å². The van der Waals surface area contributed by atoms with E-state index >= 15 is 4.39 Å². The molecule has 10 heteroatoms. The van der Waals surface area contributed by atoms with E-state index in [0.717, 1.165) is 5.56 Å².